The van der Waals surface area contributed by atoms with Gasteiger partial charge in [0.25, 0.3) is 5.91 Å². The molecule has 1 aliphatic heterocycles. The SMILES string of the molecule is CCCCCOc1ccc(C2c3c(oc4ccc(C)cc4c3=O)C(=O)N2c2ncccn2)cc1OCC. The monoisotopic (exact) mass is 499 g/mol. The van der Waals surface area contributed by atoms with E-state index in [9.17, 15) is 9.59 Å². The van der Waals surface area contributed by atoms with Crippen molar-refractivity contribution >= 4 is 22.8 Å². The molecule has 1 amide bonds. The summed E-state index contributed by atoms with van der Waals surface area (Å²) < 4.78 is 17.9. The van der Waals surface area contributed by atoms with Gasteiger partial charge < -0.3 is 13.9 Å². The van der Waals surface area contributed by atoms with E-state index in [1.54, 1.807) is 30.6 Å². The summed E-state index contributed by atoms with van der Waals surface area (Å²) in [6.07, 6.45) is 6.25. The van der Waals surface area contributed by atoms with Gasteiger partial charge in [0.2, 0.25) is 11.7 Å². The fourth-order valence-corrected chi connectivity index (χ4v) is 4.64. The zero-order valence-electron chi connectivity index (χ0n) is 21.2. The van der Waals surface area contributed by atoms with Gasteiger partial charge in [0.15, 0.2) is 16.9 Å². The van der Waals surface area contributed by atoms with Crippen LogP contribution in [-0.4, -0.2) is 29.1 Å². The van der Waals surface area contributed by atoms with Crippen molar-refractivity contribution in [1.29, 1.82) is 0 Å². The molecule has 4 aromatic rings. The highest BCUT2D eigenvalue weighted by atomic mass is 16.5. The lowest BCUT2D eigenvalue weighted by Gasteiger charge is -2.24. The van der Waals surface area contributed by atoms with E-state index in [4.69, 9.17) is 13.9 Å². The number of ether oxygens (including phenoxy) is 2. The third kappa shape index (κ3) is 4.55. The number of anilines is 1. The second kappa shape index (κ2) is 10.4. The summed E-state index contributed by atoms with van der Waals surface area (Å²) in [4.78, 5) is 37.5. The van der Waals surface area contributed by atoms with Gasteiger partial charge in [-0.1, -0.05) is 37.5 Å². The van der Waals surface area contributed by atoms with E-state index in [0.29, 0.717) is 41.2 Å². The smallest absolute Gasteiger partial charge is 0.297 e. The summed E-state index contributed by atoms with van der Waals surface area (Å²) in [6.45, 7) is 6.97. The number of rotatable bonds is 9. The molecule has 0 fully saturated rings. The highest BCUT2D eigenvalue weighted by Crippen LogP contribution is 2.42. The summed E-state index contributed by atoms with van der Waals surface area (Å²) in [5.41, 5.74) is 1.96. The predicted molar refractivity (Wildman–Crippen MR) is 141 cm³/mol. The molecule has 0 aliphatic carbocycles. The van der Waals surface area contributed by atoms with E-state index in [0.717, 1.165) is 24.8 Å². The molecule has 37 heavy (non-hydrogen) atoms. The van der Waals surface area contributed by atoms with Crippen LogP contribution in [0.15, 0.2) is 64.1 Å². The molecule has 2 aromatic heterocycles. The highest BCUT2D eigenvalue weighted by Gasteiger charge is 2.45. The Kier molecular flexibility index (Phi) is 6.90. The number of hydrogen-bond acceptors (Lipinski definition) is 7. The van der Waals surface area contributed by atoms with E-state index in [2.05, 4.69) is 16.9 Å². The van der Waals surface area contributed by atoms with Crippen LogP contribution in [0.4, 0.5) is 5.95 Å². The van der Waals surface area contributed by atoms with Gasteiger partial charge in [0.1, 0.15) is 5.58 Å². The first-order valence-electron chi connectivity index (χ1n) is 12.6. The van der Waals surface area contributed by atoms with Gasteiger partial charge in [0, 0.05) is 12.4 Å². The van der Waals surface area contributed by atoms with E-state index >= 15 is 0 Å². The molecule has 0 spiro atoms. The van der Waals surface area contributed by atoms with Crippen molar-refractivity contribution in [3.63, 3.8) is 0 Å². The third-order valence-electron chi connectivity index (χ3n) is 6.38. The normalized spacial score (nSPS) is 14.7. The molecule has 190 valence electrons. The van der Waals surface area contributed by atoms with E-state index in [1.165, 1.54) is 4.90 Å². The van der Waals surface area contributed by atoms with Gasteiger partial charge in [-0.05, 0) is 56.2 Å². The summed E-state index contributed by atoms with van der Waals surface area (Å²) in [5, 5.41) is 0.424. The second-order valence-electron chi connectivity index (χ2n) is 8.99. The second-order valence-corrected chi connectivity index (χ2v) is 8.99. The fourth-order valence-electron chi connectivity index (χ4n) is 4.64. The van der Waals surface area contributed by atoms with Crippen LogP contribution in [0.1, 0.15) is 66.4 Å². The molecule has 8 nitrogen and oxygen atoms in total. The largest absolute Gasteiger partial charge is 0.490 e. The molecule has 1 aliphatic rings. The topological polar surface area (TPSA) is 94.8 Å². The maximum Gasteiger partial charge on any atom is 0.297 e. The first-order valence-corrected chi connectivity index (χ1v) is 12.6. The number of carbonyl (C=O) groups excluding carboxylic acids is 1. The zero-order chi connectivity index (χ0) is 25.9. The number of aromatic nitrogens is 2. The molecular weight excluding hydrogens is 470 g/mol. The van der Waals surface area contributed by atoms with Gasteiger partial charge >= 0.3 is 0 Å². The Hall–Kier alpha value is -4.20. The van der Waals surface area contributed by atoms with Crippen molar-refractivity contribution in [2.45, 2.75) is 46.1 Å². The van der Waals surface area contributed by atoms with Crippen LogP contribution in [0.5, 0.6) is 11.5 Å². The molecule has 5 rings (SSSR count). The lowest BCUT2D eigenvalue weighted by Crippen LogP contribution is -2.31. The predicted octanol–water partition coefficient (Wildman–Crippen LogP) is 5.61. The number of unbranched alkanes of at least 4 members (excludes halogenated alkanes) is 2. The Morgan fingerprint density at radius 1 is 0.973 bits per heavy atom. The molecule has 0 bridgehead atoms. The van der Waals surface area contributed by atoms with E-state index < -0.39 is 11.9 Å². The van der Waals surface area contributed by atoms with Crippen molar-refractivity contribution in [3.05, 3.63) is 87.5 Å². The number of amides is 1. The van der Waals surface area contributed by atoms with Crippen molar-refractivity contribution in [2.75, 3.05) is 18.1 Å². The Labute approximate surface area is 214 Å². The Morgan fingerprint density at radius 2 is 1.78 bits per heavy atom. The van der Waals surface area contributed by atoms with Crippen LogP contribution in [0.25, 0.3) is 11.0 Å². The van der Waals surface area contributed by atoms with Gasteiger partial charge in [-0.25, -0.2) is 9.97 Å². The summed E-state index contributed by atoms with van der Waals surface area (Å²) >= 11 is 0. The first kappa shape index (κ1) is 24.5. The van der Waals surface area contributed by atoms with Gasteiger partial charge in [-0.15, -0.1) is 0 Å². The average molecular weight is 500 g/mol. The number of carbonyl (C=O) groups is 1. The Bertz CT molecular complexity index is 1500. The van der Waals surface area contributed by atoms with Crippen LogP contribution in [-0.2, 0) is 0 Å². The van der Waals surface area contributed by atoms with Crippen LogP contribution in [0.3, 0.4) is 0 Å². The lowest BCUT2D eigenvalue weighted by atomic mass is 9.98. The molecule has 1 atom stereocenters. The average Bonchev–Trinajstić information content (AvgIpc) is 3.21. The van der Waals surface area contributed by atoms with E-state index in [1.807, 2.05) is 38.1 Å². The number of nitrogens with zero attached hydrogens (tertiary/aromatic N) is 3. The molecule has 0 saturated carbocycles. The maximum atomic E-state index is 13.8. The zero-order valence-corrected chi connectivity index (χ0v) is 21.2. The molecule has 1 unspecified atom stereocenters. The van der Waals surface area contributed by atoms with Gasteiger partial charge in [-0.2, -0.15) is 0 Å². The van der Waals surface area contributed by atoms with E-state index in [-0.39, 0.29) is 22.7 Å². The van der Waals surface area contributed by atoms with Crippen LogP contribution < -0.4 is 19.8 Å². The van der Waals surface area contributed by atoms with Crippen molar-refractivity contribution in [2.24, 2.45) is 0 Å². The number of benzene rings is 2. The molecule has 3 heterocycles. The van der Waals surface area contributed by atoms with Crippen LogP contribution >= 0.6 is 0 Å². The fraction of sp³-hybridized carbons (Fsp3) is 0.310. The maximum absolute atomic E-state index is 13.8. The third-order valence-corrected chi connectivity index (χ3v) is 6.38. The number of aryl methyl sites for hydroxylation is 1. The first-order chi connectivity index (χ1) is 18.0. The molecule has 0 saturated heterocycles. The lowest BCUT2D eigenvalue weighted by molar-refractivity contribution is 0.0969. The molecule has 0 N–H and O–H groups in total. The van der Waals surface area contributed by atoms with Crippen molar-refractivity contribution in [3.8, 4) is 11.5 Å². The number of fused-ring (bicyclic) bond motifs is 2. The Balaban J connectivity index is 1.67. The molecule has 8 heteroatoms. The molecule has 2 aromatic carbocycles. The number of hydrogen-bond donors (Lipinski definition) is 0. The molecule has 0 radical (unpaired) electrons. The van der Waals surface area contributed by atoms with Crippen molar-refractivity contribution < 1.29 is 18.7 Å². The minimum absolute atomic E-state index is 0.00309. The quantitative estimate of drug-likeness (QED) is 0.276. The summed E-state index contributed by atoms with van der Waals surface area (Å²) in [6, 6.07) is 11.7. The van der Waals surface area contributed by atoms with Crippen LogP contribution in [0, 0.1) is 6.92 Å². The Morgan fingerprint density at radius 3 is 2.54 bits per heavy atom. The van der Waals surface area contributed by atoms with Gasteiger partial charge in [-0.3, -0.25) is 14.5 Å². The molecular formula is C29H29N3O5. The summed E-state index contributed by atoms with van der Waals surface area (Å²) in [5.74, 6) is 0.879. The standard InChI is InChI=1S/C29H29N3O5/c1-4-6-7-15-36-22-12-10-19(17-23(22)35-5-2)25-24-26(33)20-16-18(3)9-11-21(20)37-27(24)28(34)32(25)29-30-13-8-14-31-29/h8-14,16-17,25H,4-7,15H2,1-3H3. The minimum Gasteiger partial charge on any atom is -0.490 e. The summed E-state index contributed by atoms with van der Waals surface area (Å²) in [7, 11) is 0. The minimum atomic E-state index is -0.792. The van der Waals surface area contributed by atoms with Gasteiger partial charge in [0.05, 0.1) is 30.2 Å². The van der Waals surface area contributed by atoms with Crippen LogP contribution in [0.2, 0.25) is 0 Å². The highest BCUT2D eigenvalue weighted by molar-refractivity contribution is 6.09. The van der Waals surface area contributed by atoms with Crippen molar-refractivity contribution in [1.82, 2.24) is 9.97 Å².